The van der Waals surface area contributed by atoms with Crippen LogP contribution in [0.2, 0.25) is 0 Å². The van der Waals surface area contributed by atoms with E-state index in [2.05, 4.69) is 4.98 Å². The maximum atomic E-state index is 12.5. The van der Waals surface area contributed by atoms with Crippen LogP contribution in [0.25, 0.3) is 0 Å². The van der Waals surface area contributed by atoms with E-state index in [1.54, 1.807) is 0 Å². The molecule has 0 unspecified atom stereocenters. The predicted molar refractivity (Wildman–Crippen MR) is 39.7 cm³/mol. The lowest BCUT2D eigenvalue weighted by molar-refractivity contribution is -0.836. The predicted octanol–water partition coefficient (Wildman–Crippen LogP) is -0.933. The van der Waals surface area contributed by atoms with Gasteiger partial charge in [-0.1, -0.05) is 4.98 Å². The Balaban J connectivity index is 0. The Kier molecular flexibility index (Phi) is 8.23. The average molecular weight is 268 g/mol. The van der Waals surface area contributed by atoms with E-state index in [1.165, 1.54) is 6.20 Å². The normalized spacial score (nSPS) is 10.1. The summed E-state index contributed by atoms with van der Waals surface area (Å²) in [4.78, 5) is 3.28. The molecule has 1 aromatic heterocycles. The summed E-state index contributed by atoms with van der Waals surface area (Å²) in [6.07, 6.45) is -1.03. The van der Waals surface area contributed by atoms with Crippen molar-refractivity contribution in [1.82, 2.24) is 4.98 Å². The first-order valence-corrected chi connectivity index (χ1v) is 3.68. The highest BCUT2D eigenvalue weighted by molar-refractivity contribution is 6.33. The first-order valence-electron chi connectivity index (χ1n) is 3.68. The minimum atomic E-state index is -4.19. The van der Waals surface area contributed by atoms with Crippen LogP contribution in [0.5, 0.6) is 0 Å². The van der Waals surface area contributed by atoms with Gasteiger partial charge in [-0.2, -0.15) is 22.1 Å². The van der Waals surface area contributed by atoms with E-state index in [0.29, 0.717) is 6.33 Å². The minimum absolute atomic E-state index is 0. The van der Waals surface area contributed by atoms with Crippen molar-refractivity contribution in [2.24, 2.45) is 0 Å². The third-order valence-electron chi connectivity index (χ3n) is 1.22. The lowest BCUT2D eigenvalue weighted by atomic mass is 10.5. The number of halogens is 8. The molecule has 0 amide bonds. The molecule has 0 fully saturated rings. The van der Waals surface area contributed by atoms with E-state index < -0.39 is 20.0 Å². The van der Waals surface area contributed by atoms with Crippen LogP contribution >= 0.6 is 0 Å². The van der Waals surface area contributed by atoms with Gasteiger partial charge in [0.1, 0.15) is 12.4 Å². The molecular formula is C6H5BF8N2. The Morgan fingerprint density at radius 1 is 1.18 bits per heavy atom. The van der Waals surface area contributed by atoms with Gasteiger partial charge in [-0.3, -0.25) is 12.9 Å². The largest absolute Gasteiger partial charge is 1.00 e. The van der Waals surface area contributed by atoms with Gasteiger partial charge in [-0.15, -0.1) is 0 Å². The first kappa shape index (κ1) is 18.0. The van der Waals surface area contributed by atoms with Gasteiger partial charge < -0.3 is 4.70 Å². The Hall–Kier alpha value is -1.42. The lowest BCUT2D eigenvalue weighted by Crippen LogP contribution is -3.00. The maximum absolute atomic E-state index is 12.5. The third kappa shape index (κ3) is 6.69. The summed E-state index contributed by atoms with van der Waals surface area (Å²) in [5, 5.41) is 0. The molecule has 0 radical (unpaired) electrons. The Bertz CT molecular complexity index is 293. The molecule has 0 bridgehead atoms. The minimum Gasteiger partial charge on any atom is -1.00 e. The molecule has 0 saturated carbocycles. The second-order valence-electron chi connectivity index (χ2n) is 2.30. The number of hydrogen-bond donors (Lipinski definition) is 0. The van der Waals surface area contributed by atoms with Crippen molar-refractivity contribution < 1.29 is 39.8 Å². The van der Waals surface area contributed by atoms with Crippen molar-refractivity contribution in [2.45, 2.75) is 12.5 Å². The van der Waals surface area contributed by atoms with E-state index in [-0.39, 0.29) is 9.27 Å². The van der Waals surface area contributed by atoms with Crippen LogP contribution < -0.4 is 9.27 Å². The number of hydrogen-bond acceptors (Lipinski definition) is 1. The molecule has 98 valence electrons. The van der Waals surface area contributed by atoms with Crippen LogP contribution in [-0.4, -0.2) is 19.0 Å². The summed E-state index contributed by atoms with van der Waals surface area (Å²) in [6, 6.07) is -3.04. The number of aromatic nitrogens is 2. The van der Waals surface area contributed by atoms with Crippen molar-refractivity contribution in [3.05, 3.63) is 24.8 Å². The molecule has 0 saturated heterocycles. The fraction of sp³-hybridized carbons (Fsp3) is 0.333. The molecule has 1 aromatic rings. The van der Waals surface area contributed by atoms with E-state index >= 15 is 0 Å². The SMILES string of the molecule is FB(F)F.FC(F)C(F)(F)[n+]1cccnc1.[F-]. The Morgan fingerprint density at radius 3 is 1.94 bits per heavy atom. The third-order valence-corrected chi connectivity index (χ3v) is 1.22. The molecule has 2 nitrogen and oxygen atoms in total. The molecule has 0 aliphatic heterocycles. The molecular weight excluding hydrogens is 263 g/mol. The lowest BCUT2D eigenvalue weighted by Gasteiger charge is -2.10. The molecule has 1 heterocycles. The summed E-state index contributed by atoms with van der Waals surface area (Å²) >= 11 is 0. The van der Waals surface area contributed by atoms with Crippen LogP contribution in [0.3, 0.4) is 0 Å². The molecule has 0 aliphatic rings. The van der Waals surface area contributed by atoms with Gasteiger partial charge in [0.05, 0.1) is 0 Å². The van der Waals surface area contributed by atoms with Crippen LogP contribution in [0, 0.1) is 0 Å². The molecule has 0 atom stereocenters. The van der Waals surface area contributed by atoms with Crippen molar-refractivity contribution in [3.63, 3.8) is 0 Å². The molecule has 17 heavy (non-hydrogen) atoms. The highest BCUT2D eigenvalue weighted by atomic mass is 19.4. The first-order chi connectivity index (χ1) is 7.28. The number of rotatable bonds is 2. The average Bonchev–Trinajstić information content (AvgIpc) is 2.18. The van der Waals surface area contributed by atoms with Gasteiger partial charge in [0.15, 0.2) is 0 Å². The van der Waals surface area contributed by atoms with Crippen LogP contribution in [0.1, 0.15) is 0 Å². The molecule has 0 aromatic carbocycles. The maximum Gasteiger partial charge on any atom is 0.762 e. The van der Waals surface area contributed by atoms with Crippen molar-refractivity contribution in [3.8, 4) is 0 Å². The zero-order chi connectivity index (χ0) is 12.8. The highest BCUT2D eigenvalue weighted by Gasteiger charge is 2.47. The number of alkyl halides is 4. The van der Waals surface area contributed by atoms with Gasteiger partial charge in [0.25, 0.3) is 6.33 Å². The zero-order valence-corrected chi connectivity index (χ0v) is 7.88. The molecule has 0 spiro atoms. The molecule has 0 N–H and O–H groups in total. The molecule has 11 heteroatoms. The van der Waals surface area contributed by atoms with Crippen LogP contribution in [0.15, 0.2) is 24.8 Å². The van der Waals surface area contributed by atoms with Gasteiger partial charge in [-0.25, -0.2) is 0 Å². The van der Waals surface area contributed by atoms with Gasteiger partial charge in [0, 0.05) is 6.07 Å². The fourth-order valence-corrected chi connectivity index (χ4v) is 0.619. The van der Waals surface area contributed by atoms with Crippen LogP contribution in [0.4, 0.5) is 30.5 Å². The smallest absolute Gasteiger partial charge is 0.762 e. The summed E-state index contributed by atoms with van der Waals surface area (Å²) in [5.74, 6) is 0. The van der Waals surface area contributed by atoms with E-state index in [4.69, 9.17) is 0 Å². The monoisotopic (exact) mass is 268 g/mol. The van der Waals surface area contributed by atoms with Crippen molar-refractivity contribution >= 4 is 7.54 Å². The van der Waals surface area contributed by atoms with Gasteiger partial charge in [0.2, 0.25) is 0 Å². The van der Waals surface area contributed by atoms with E-state index in [9.17, 15) is 30.5 Å². The summed E-state index contributed by atoms with van der Waals surface area (Å²) in [6.45, 7) is 0. The van der Waals surface area contributed by atoms with E-state index in [0.717, 1.165) is 12.3 Å². The van der Waals surface area contributed by atoms with Gasteiger partial charge in [-0.05, 0) is 0 Å². The molecule has 1 rings (SSSR count). The topological polar surface area (TPSA) is 16.8 Å². The highest BCUT2D eigenvalue weighted by Crippen LogP contribution is 2.21. The second-order valence-corrected chi connectivity index (χ2v) is 2.30. The summed E-state index contributed by atoms with van der Waals surface area (Å²) in [5.41, 5.74) is 0. The van der Waals surface area contributed by atoms with Crippen LogP contribution in [-0.2, 0) is 6.05 Å². The van der Waals surface area contributed by atoms with E-state index in [1.807, 2.05) is 0 Å². The second kappa shape index (κ2) is 7.79. The Labute approximate surface area is 90.7 Å². The Morgan fingerprint density at radius 2 is 1.65 bits per heavy atom. The standard InChI is InChI=1S/C6H5F4N2.BF3.FH/c7-5(8)6(9,10)12-3-1-2-11-4-12;2-1(3)4;/h1-5H;;1H/q+1;;/p-1. The van der Waals surface area contributed by atoms with Gasteiger partial charge >= 0.3 is 20.0 Å². The number of nitrogens with zero attached hydrogens (tertiary/aromatic N) is 2. The zero-order valence-electron chi connectivity index (χ0n) is 7.88. The summed E-state index contributed by atoms with van der Waals surface area (Å²) < 4.78 is 77.4. The van der Waals surface area contributed by atoms with Crippen molar-refractivity contribution in [1.29, 1.82) is 0 Å². The fourth-order valence-electron chi connectivity index (χ4n) is 0.619. The quantitative estimate of drug-likeness (QED) is 0.384. The molecule has 0 aliphatic carbocycles. The van der Waals surface area contributed by atoms with Crippen molar-refractivity contribution in [2.75, 3.05) is 0 Å². The summed E-state index contributed by atoms with van der Waals surface area (Å²) in [7, 11) is -3.67.